The molecule has 2 amide bonds. The number of pyridine rings is 1. The van der Waals surface area contributed by atoms with Gasteiger partial charge in [-0.3, -0.25) is 14.6 Å². The van der Waals surface area contributed by atoms with Gasteiger partial charge in [0.05, 0.1) is 18.4 Å². The molecule has 9 heteroatoms. The van der Waals surface area contributed by atoms with E-state index in [0.29, 0.717) is 16.1 Å². The summed E-state index contributed by atoms with van der Waals surface area (Å²) in [7, 11) is 0. The summed E-state index contributed by atoms with van der Waals surface area (Å²) in [5.74, 6) is -2.30. The molecule has 0 aliphatic heterocycles. The molecule has 1 aliphatic carbocycles. The Labute approximate surface area is 166 Å². The monoisotopic (exact) mass is 400 g/mol. The van der Waals surface area contributed by atoms with Crippen molar-refractivity contribution < 1.29 is 19.1 Å². The van der Waals surface area contributed by atoms with Crippen LogP contribution in [-0.2, 0) is 27.2 Å². The second-order valence-corrected chi connectivity index (χ2v) is 7.18. The van der Waals surface area contributed by atoms with Crippen molar-refractivity contribution in [1.29, 1.82) is 0 Å². The summed E-state index contributed by atoms with van der Waals surface area (Å²) in [5, 5.41) is 6.63. The Morgan fingerprint density at radius 3 is 2.86 bits per heavy atom. The zero-order valence-electron chi connectivity index (χ0n) is 15.4. The number of hydrogen-bond donors (Lipinski definition) is 2. The first-order valence-corrected chi connectivity index (χ1v) is 9.78. The SMILES string of the molecule is CCOC(=O)c1c(NC(=O)C(=O)NN=Cc2cccnc2)sc2c1CCCC2. The summed E-state index contributed by atoms with van der Waals surface area (Å²) in [6.07, 6.45) is 8.19. The van der Waals surface area contributed by atoms with Crippen LogP contribution in [0.15, 0.2) is 29.6 Å². The molecule has 2 heterocycles. The first-order chi connectivity index (χ1) is 13.6. The Bertz CT molecular complexity index is 908. The minimum atomic E-state index is -0.929. The lowest BCUT2D eigenvalue weighted by Gasteiger charge is -2.12. The number of carbonyl (C=O) groups excluding carboxylic acids is 3. The molecular formula is C19H20N4O4S. The maximum absolute atomic E-state index is 12.4. The number of aromatic nitrogens is 1. The smallest absolute Gasteiger partial charge is 0.341 e. The van der Waals surface area contributed by atoms with Crippen LogP contribution in [0, 0.1) is 0 Å². The zero-order valence-corrected chi connectivity index (χ0v) is 16.2. The zero-order chi connectivity index (χ0) is 19.9. The van der Waals surface area contributed by atoms with Crippen LogP contribution in [0.4, 0.5) is 5.00 Å². The van der Waals surface area contributed by atoms with E-state index in [1.165, 1.54) is 17.6 Å². The highest BCUT2D eigenvalue weighted by Crippen LogP contribution is 2.38. The number of anilines is 1. The summed E-state index contributed by atoms with van der Waals surface area (Å²) in [6, 6.07) is 3.48. The minimum Gasteiger partial charge on any atom is -0.462 e. The van der Waals surface area contributed by atoms with E-state index in [0.717, 1.165) is 36.1 Å². The van der Waals surface area contributed by atoms with Gasteiger partial charge in [-0.25, -0.2) is 10.2 Å². The van der Waals surface area contributed by atoms with Crippen LogP contribution in [0.5, 0.6) is 0 Å². The lowest BCUT2D eigenvalue weighted by Crippen LogP contribution is -2.32. The van der Waals surface area contributed by atoms with Crippen LogP contribution >= 0.6 is 11.3 Å². The van der Waals surface area contributed by atoms with E-state index in [1.807, 2.05) is 0 Å². The number of amides is 2. The lowest BCUT2D eigenvalue weighted by molar-refractivity contribution is -0.136. The maximum atomic E-state index is 12.4. The molecule has 0 spiro atoms. The third-order valence-electron chi connectivity index (χ3n) is 4.15. The summed E-state index contributed by atoms with van der Waals surface area (Å²) < 4.78 is 5.14. The molecule has 2 N–H and O–H groups in total. The third-order valence-corrected chi connectivity index (χ3v) is 5.36. The number of thiophene rings is 1. The summed E-state index contributed by atoms with van der Waals surface area (Å²) >= 11 is 1.32. The highest BCUT2D eigenvalue weighted by atomic mass is 32.1. The number of fused-ring (bicyclic) bond motifs is 1. The molecule has 3 rings (SSSR count). The fourth-order valence-electron chi connectivity index (χ4n) is 2.90. The van der Waals surface area contributed by atoms with Crippen LogP contribution < -0.4 is 10.7 Å². The molecule has 28 heavy (non-hydrogen) atoms. The van der Waals surface area contributed by atoms with E-state index in [4.69, 9.17) is 4.74 Å². The van der Waals surface area contributed by atoms with Gasteiger partial charge in [-0.15, -0.1) is 11.3 Å². The van der Waals surface area contributed by atoms with E-state index in [2.05, 4.69) is 20.8 Å². The fourth-order valence-corrected chi connectivity index (χ4v) is 4.17. The number of hydrazone groups is 1. The van der Waals surface area contributed by atoms with Gasteiger partial charge in [0.15, 0.2) is 0 Å². The molecule has 0 atom stereocenters. The second kappa shape index (κ2) is 9.23. The number of rotatable bonds is 5. The normalized spacial score (nSPS) is 13.0. The molecule has 0 bridgehead atoms. The van der Waals surface area contributed by atoms with Crippen molar-refractivity contribution in [3.8, 4) is 0 Å². The third kappa shape index (κ3) is 4.61. The first kappa shape index (κ1) is 19.7. The quantitative estimate of drug-likeness (QED) is 0.346. The first-order valence-electron chi connectivity index (χ1n) is 8.96. The number of nitrogens with zero attached hydrogens (tertiary/aromatic N) is 2. The number of ether oxygens (including phenoxy) is 1. The average Bonchev–Trinajstić information content (AvgIpc) is 3.06. The summed E-state index contributed by atoms with van der Waals surface area (Å²) in [5.41, 5.74) is 4.12. The minimum absolute atomic E-state index is 0.236. The molecule has 0 fully saturated rings. The molecule has 8 nitrogen and oxygen atoms in total. The maximum Gasteiger partial charge on any atom is 0.341 e. The Balaban J connectivity index is 1.70. The number of hydrogen-bond acceptors (Lipinski definition) is 7. The Kier molecular flexibility index (Phi) is 6.49. The van der Waals surface area contributed by atoms with Gasteiger partial charge in [-0.2, -0.15) is 5.10 Å². The van der Waals surface area contributed by atoms with Crippen molar-refractivity contribution >= 4 is 40.3 Å². The number of carbonyl (C=O) groups is 3. The van der Waals surface area contributed by atoms with E-state index in [1.54, 1.807) is 31.5 Å². The van der Waals surface area contributed by atoms with Crippen molar-refractivity contribution in [3.05, 3.63) is 46.1 Å². The number of nitrogens with one attached hydrogen (secondary N) is 2. The molecule has 0 unspecified atom stereocenters. The Morgan fingerprint density at radius 1 is 1.29 bits per heavy atom. The molecule has 1 aliphatic rings. The highest BCUT2D eigenvalue weighted by Gasteiger charge is 2.28. The van der Waals surface area contributed by atoms with Gasteiger partial charge in [0, 0.05) is 22.8 Å². The van der Waals surface area contributed by atoms with E-state index in [-0.39, 0.29) is 6.61 Å². The Morgan fingerprint density at radius 2 is 2.11 bits per heavy atom. The largest absolute Gasteiger partial charge is 0.462 e. The van der Waals surface area contributed by atoms with Gasteiger partial charge >= 0.3 is 17.8 Å². The van der Waals surface area contributed by atoms with Crippen molar-refractivity contribution in [2.45, 2.75) is 32.6 Å². The lowest BCUT2D eigenvalue weighted by atomic mass is 9.95. The second-order valence-electron chi connectivity index (χ2n) is 6.08. The number of esters is 1. The highest BCUT2D eigenvalue weighted by molar-refractivity contribution is 7.17. The van der Waals surface area contributed by atoms with Gasteiger partial charge in [-0.1, -0.05) is 6.07 Å². The van der Waals surface area contributed by atoms with Crippen molar-refractivity contribution in [3.63, 3.8) is 0 Å². The van der Waals surface area contributed by atoms with Crippen LogP contribution in [-0.4, -0.2) is 35.6 Å². The molecule has 0 aromatic carbocycles. The van der Waals surface area contributed by atoms with Crippen LogP contribution in [0.1, 0.15) is 46.1 Å². The molecule has 0 radical (unpaired) electrons. The molecule has 2 aromatic rings. The van der Waals surface area contributed by atoms with Crippen LogP contribution in [0.2, 0.25) is 0 Å². The van der Waals surface area contributed by atoms with Crippen LogP contribution in [0.3, 0.4) is 0 Å². The predicted molar refractivity (Wildman–Crippen MR) is 106 cm³/mol. The summed E-state index contributed by atoms with van der Waals surface area (Å²) in [4.78, 5) is 41.6. The fraction of sp³-hybridized carbons (Fsp3) is 0.316. The predicted octanol–water partition coefficient (Wildman–Crippen LogP) is 2.29. The topological polar surface area (TPSA) is 110 Å². The Hall–Kier alpha value is -3.07. The molecular weight excluding hydrogens is 380 g/mol. The van der Waals surface area contributed by atoms with Gasteiger partial charge in [-0.05, 0) is 44.2 Å². The van der Waals surface area contributed by atoms with Gasteiger partial charge in [0.25, 0.3) is 0 Å². The molecule has 0 saturated carbocycles. The average molecular weight is 400 g/mol. The van der Waals surface area contributed by atoms with E-state index in [9.17, 15) is 14.4 Å². The molecule has 146 valence electrons. The van der Waals surface area contributed by atoms with Crippen molar-refractivity contribution in [2.24, 2.45) is 5.10 Å². The van der Waals surface area contributed by atoms with Gasteiger partial charge < -0.3 is 10.1 Å². The van der Waals surface area contributed by atoms with Crippen LogP contribution in [0.25, 0.3) is 0 Å². The van der Waals surface area contributed by atoms with Gasteiger partial charge in [0.2, 0.25) is 0 Å². The summed E-state index contributed by atoms with van der Waals surface area (Å²) in [6.45, 7) is 1.96. The van der Waals surface area contributed by atoms with Crippen molar-refractivity contribution in [1.82, 2.24) is 10.4 Å². The molecule has 2 aromatic heterocycles. The standard InChI is InChI=1S/C19H20N4O4S/c1-2-27-19(26)15-13-7-3-4-8-14(13)28-18(15)22-16(24)17(25)23-21-11-12-6-5-9-20-10-12/h5-6,9-11H,2-4,7-8H2,1H3,(H,22,24)(H,23,25). The van der Waals surface area contributed by atoms with Gasteiger partial charge in [0.1, 0.15) is 5.00 Å². The number of aryl methyl sites for hydroxylation is 1. The molecule has 0 saturated heterocycles. The van der Waals surface area contributed by atoms with E-state index >= 15 is 0 Å². The van der Waals surface area contributed by atoms with E-state index < -0.39 is 17.8 Å². The van der Waals surface area contributed by atoms with Crippen molar-refractivity contribution in [2.75, 3.05) is 11.9 Å².